The van der Waals surface area contributed by atoms with E-state index in [0.29, 0.717) is 18.7 Å². The second kappa shape index (κ2) is 5.13. The Morgan fingerprint density at radius 2 is 2.10 bits per heavy atom. The third-order valence-electron chi connectivity index (χ3n) is 4.66. The molecule has 2 saturated heterocycles. The maximum absolute atomic E-state index is 13.3. The molecule has 2 amide bonds. The van der Waals surface area contributed by atoms with E-state index in [-0.39, 0.29) is 11.8 Å². The van der Waals surface area contributed by atoms with E-state index in [1.165, 1.54) is 18.2 Å². The van der Waals surface area contributed by atoms with Crippen molar-refractivity contribution in [2.24, 2.45) is 5.41 Å². The zero-order chi connectivity index (χ0) is 15.0. The number of benzene rings is 1. The third-order valence-corrected chi connectivity index (χ3v) is 4.66. The Bertz CT molecular complexity index is 585. The van der Waals surface area contributed by atoms with Gasteiger partial charge in [0.2, 0.25) is 5.91 Å². The van der Waals surface area contributed by atoms with E-state index in [1.54, 1.807) is 15.9 Å². The molecule has 0 bridgehead atoms. The van der Waals surface area contributed by atoms with Crippen LogP contribution in [0.3, 0.4) is 0 Å². The van der Waals surface area contributed by atoms with Crippen molar-refractivity contribution in [2.75, 3.05) is 26.7 Å². The van der Waals surface area contributed by atoms with Crippen LogP contribution >= 0.6 is 0 Å². The number of amides is 2. The molecule has 0 aromatic heterocycles. The summed E-state index contributed by atoms with van der Waals surface area (Å²) in [7, 11) is 1.81. The van der Waals surface area contributed by atoms with E-state index in [9.17, 15) is 14.0 Å². The van der Waals surface area contributed by atoms with Crippen molar-refractivity contribution < 1.29 is 14.0 Å². The third kappa shape index (κ3) is 2.41. The molecule has 0 radical (unpaired) electrons. The average molecular weight is 290 g/mol. The Morgan fingerprint density at radius 1 is 1.29 bits per heavy atom. The molecular weight excluding hydrogens is 271 g/mol. The van der Waals surface area contributed by atoms with E-state index in [0.717, 1.165) is 25.8 Å². The van der Waals surface area contributed by atoms with Crippen molar-refractivity contribution in [1.29, 1.82) is 0 Å². The minimum absolute atomic E-state index is 0.138. The van der Waals surface area contributed by atoms with Crippen molar-refractivity contribution in [2.45, 2.75) is 19.3 Å². The quantitative estimate of drug-likeness (QED) is 0.792. The lowest BCUT2D eigenvalue weighted by Gasteiger charge is -2.38. The molecule has 1 atom stereocenters. The molecule has 0 unspecified atom stereocenters. The average Bonchev–Trinajstić information content (AvgIpc) is 2.75. The molecule has 1 aromatic carbocycles. The smallest absolute Gasteiger partial charge is 0.253 e. The molecule has 4 nitrogen and oxygen atoms in total. The number of nitrogens with zero attached hydrogens (tertiary/aromatic N) is 2. The van der Waals surface area contributed by atoms with Crippen LogP contribution in [0.4, 0.5) is 4.39 Å². The van der Waals surface area contributed by atoms with Gasteiger partial charge in [-0.2, -0.15) is 0 Å². The monoisotopic (exact) mass is 290 g/mol. The number of halogens is 1. The molecule has 2 heterocycles. The Morgan fingerprint density at radius 3 is 2.76 bits per heavy atom. The van der Waals surface area contributed by atoms with Crippen LogP contribution in [0.5, 0.6) is 0 Å². The molecule has 0 N–H and O–H groups in total. The highest BCUT2D eigenvalue weighted by Gasteiger charge is 2.48. The number of likely N-dealkylation sites (tertiary alicyclic amines) is 2. The highest BCUT2D eigenvalue weighted by Crippen LogP contribution is 2.39. The standard InChI is InChI=1S/C16H19FN2O2/c1-18-9-7-16(15(18)21)6-3-8-19(11-16)14(20)12-4-2-5-13(17)10-12/h2,4-5,10H,3,6-9,11H2,1H3/t16-/m0/s1. The molecule has 2 aliphatic rings. The van der Waals surface area contributed by atoms with Crippen LogP contribution in [0.1, 0.15) is 29.6 Å². The first-order valence-electron chi connectivity index (χ1n) is 7.32. The van der Waals surface area contributed by atoms with Crippen LogP contribution in [0.2, 0.25) is 0 Å². The normalized spacial score (nSPS) is 25.7. The van der Waals surface area contributed by atoms with Gasteiger partial charge < -0.3 is 9.80 Å². The summed E-state index contributed by atoms with van der Waals surface area (Å²) in [6.45, 7) is 1.83. The van der Waals surface area contributed by atoms with Crippen LogP contribution in [0.15, 0.2) is 24.3 Å². The lowest BCUT2D eigenvalue weighted by atomic mass is 9.78. The van der Waals surface area contributed by atoms with Gasteiger partial charge in [0.15, 0.2) is 0 Å². The van der Waals surface area contributed by atoms with Crippen molar-refractivity contribution in [3.05, 3.63) is 35.6 Å². The van der Waals surface area contributed by atoms with Gasteiger partial charge in [-0.15, -0.1) is 0 Å². The number of rotatable bonds is 1. The largest absolute Gasteiger partial charge is 0.345 e. The first kappa shape index (κ1) is 14.0. The van der Waals surface area contributed by atoms with E-state index >= 15 is 0 Å². The summed E-state index contributed by atoms with van der Waals surface area (Å²) in [6.07, 6.45) is 2.46. The maximum atomic E-state index is 13.3. The van der Waals surface area contributed by atoms with E-state index < -0.39 is 11.2 Å². The molecule has 21 heavy (non-hydrogen) atoms. The SMILES string of the molecule is CN1CC[C@]2(CCCN(C(=O)c3cccc(F)c3)C2)C1=O. The Labute approximate surface area is 123 Å². The lowest BCUT2D eigenvalue weighted by Crippen LogP contribution is -2.49. The van der Waals surface area contributed by atoms with Gasteiger partial charge in [-0.3, -0.25) is 9.59 Å². The van der Waals surface area contributed by atoms with Crippen molar-refractivity contribution >= 4 is 11.8 Å². The van der Waals surface area contributed by atoms with Gasteiger partial charge in [0.1, 0.15) is 5.82 Å². The maximum Gasteiger partial charge on any atom is 0.253 e. The molecule has 112 valence electrons. The van der Waals surface area contributed by atoms with E-state index in [4.69, 9.17) is 0 Å². The highest BCUT2D eigenvalue weighted by atomic mass is 19.1. The fourth-order valence-corrected chi connectivity index (χ4v) is 3.48. The predicted octanol–water partition coefficient (Wildman–Crippen LogP) is 1.91. The summed E-state index contributed by atoms with van der Waals surface area (Å²) in [5.41, 5.74) is -0.0680. The Kier molecular flexibility index (Phi) is 3.43. The van der Waals surface area contributed by atoms with Gasteiger partial charge in [0.05, 0.1) is 5.41 Å². The number of piperidine rings is 1. The van der Waals surface area contributed by atoms with E-state index in [1.807, 2.05) is 7.05 Å². The summed E-state index contributed by atoms with van der Waals surface area (Å²) in [4.78, 5) is 28.3. The topological polar surface area (TPSA) is 40.6 Å². The van der Waals surface area contributed by atoms with Gasteiger partial charge >= 0.3 is 0 Å². The number of carbonyl (C=O) groups is 2. The predicted molar refractivity (Wildman–Crippen MR) is 76.2 cm³/mol. The number of hydrogen-bond donors (Lipinski definition) is 0. The first-order chi connectivity index (χ1) is 10.0. The molecule has 0 saturated carbocycles. The molecule has 0 aliphatic carbocycles. The highest BCUT2D eigenvalue weighted by molar-refractivity contribution is 5.95. The van der Waals surface area contributed by atoms with Crippen LogP contribution < -0.4 is 0 Å². The molecule has 2 aliphatic heterocycles. The molecule has 3 rings (SSSR count). The Balaban J connectivity index is 1.80. The van der Waals surface area contributed by atoms with Crippen LogP contribution in [-0.4, -0.2) is 48.3 Å². The van der Waals surface area contributed by atoms with Gasteiger partial charge in [-0.25, -0.2) is 4.39 Å². The van der Waals surface area contributed by atoms with Crippen LogP contribution in [0, 0.1) is 11.2 Å². The lowest BCUT2D eigenvalue weighted by molar-refractivity contribution is -0.137. The molecule has 2 fully saturated rings. The van der Waals surface area contributed by atoms with Gasteiger partial charge in [0.25, 0.3) is 5.91 Å². The van der Waals surface area contributed by atoms with Crippen molar-refractivity contribution in [1.82, 2.24) is 9.80 Å². The summed E-state index contributed by atoms with van der Waals surface area (Å²) < 4.78 is 13.3. The summed E-state index contributed by atoms with van der Waals surface area (Å²) >= 11 is 0. The first-order valence-corrected chi connectivity index (χ1v) is 7.32. The molecule has 1 spiro atoms. The summed E-state index contributed by atoms with van der Waals surface area (Å²) in [6, 6.07) is 5.74. The minimum Gasteiger partial charge on any atom is -0.345 e. The number of carbonyl (C=O) groups excluding carboxylic acids is 2. The summed E-state index contributed by atoms with van der Waals surface area (Å²) in [5, 5.41) is 0. The minimum atomic E-state index is -0.421. The van der Waals surface area contributed by atoms with Gasteiger partial charge in [-0.05, 0) is 37.5 Å². The van der Waals surface area contributed by atoms with Gasteiger partial charge in [0, 0.05) is 32.2 Å². The molecule has 5 heteroatoms. The number of hydrogen-bond acceptors (Lipinski definition) is 2. The van der Waals surface area contributed by atoms with Crippen LogP contribution in [0.25, 0.3) is 0 Å². The van der Waals surface area contributed by atoms with E-state index in [2.05, 4.69) is 0 Å². The molecule has 1 aromatic rings. The van der Waals surface area contributed by atoms with Crippen LogP contribution in [-0.2, 0) is 4.79 Å². The second-order valence-electron chi connectivity index (χ2n) is 6.10. The zero-order valence-corrected chi connectivity index (χ0v) is 12.1. The fourth-order valence-electron chi connectivity index (χ4n) is 3.48. The zero-order valence-electron chi connectivity index (χ0n) is 12.1. The fraction of sp³-hybridized carbons (Fsp3) is 0.500. The van der Waals surface area contributed by atoms with Crippen molar-refractivity contribution in [3.63, 3.8) is 0 Å². The Hall–Kier alpha value is -1.91. The summed E-state index contributed by atoms with van der Waals surface area (Å²) in [5.74, 6) is -0.459. The second-order valence-corrected chi connectivity index (χ2v) is 6.10. The van der Waals surface area contributed by atoms with Crippen molar-refractivity contribution in [3.8, 4) is 0 Å². The van der Waals surface area contributed by atoms with Gasteiger partial charge in [-0.1, -0.05) is 6.07 Å². The molecular formula is C16H19FN2O2.